The Morgan fingerprint density at radius 2 is 2.33 bits per heavy atom. The molecule has 1 aliphatic rings. The van der Waals surface area contributed by atoms with Crippen LogP contribution in [0.2, 0.25) is 0 Å². The fourth-order valence-corrected chi connectivity index (χ4v) is 2.45. The van der Waals surface area contributed by atoms with Crippen LogP contribution in [0.4, 0.5) is 5.95 Å². The molecule has 0 bridgehead atoms. The number of aliphatic hydroxyl groups excluding tert-OH is 1. The topological polar surface area (TPSA) is 75.3 Å². The number of rotatable bonds is 3. The SMILES string of the molecule is Cc1cc(C(N)=S)nc(N2CCC(C)C2CO)n1. The highest BCUT2D eigenvalue weighted by Gasteiger charge is 2.32. The van der Waals surface area contributed by atoms with Gasteiger partial charge in [0.15, 0.2) is 0 Å². The molecule has 0 aliphatic carbocycles. The highest BCUT2D eigenvalue weighted by atomic mass is 32.1. The van der Waals surface area contributed by atoms with Crippen molar-refractivity contribution in [3.8, 4) is 0 Å². The van der Waals surface area contributed by atoms with Gasteiger partial charge in [-0.25, -0.2) is 9.97 Å². The summed E-state index contributed by atoms with van der Waals surface area (Å²) in [5.41, 5.74) is 7.04. The molecule has 0 aromatic carbocycles. The number of hydrogen-bond donors (Lipinski definition) is 2. The van der Waals surface area contributed by atoms with Gasteiger partial charge < -0.3 is 15.7 Å². The van der Waals surface area contributed by atoms with E-state index in [1.54, 1.807) is 6.07 Å². The van der Waals surface area contributed by atoms with Crippen LogP contribution in [-0.2, 0) is 0 Å². The van der Waals surface area contributed by atoms with Gasteiger partial charge in [-0.15, -0.1) is 0 Å². The second kappa shape index (κ2) is 5.16. The summed E-state index contributed by atoms with van der Waals surface area (Å²) in [5, 5.41) is 9.47. The van der Waals surface area contributed by atoms with Crippen LogP contribution < -0.4 is 10.6 Å². The number of nitrogens with zero attached hydrogens (tertiary/aromatic N) is 3. The lowest BCUT2D eigenvalue weighted by atomic mass is 10.0. The summed E-state index contributed by atoms with van der Waals surface area (Å²) in [6, 6.07) is 1.85. The van der Waals surface area contributed by atoms with E-state index in [1.165, 1.54) is 0 Å². The average molecular weight is 266 g/mol. The van der Waals surface area contributed by atoms with Gasteiger partial charge in [0.1, 0.15) is 10.7 Å². The molecule has 6 heteroatoms. The van der Waals surface area contributed by atoms with E-state index in [1.807, 2.05) is 11.8 Å². The summed E-state index contributed by atoms with van der Waals surface area (Å²) in [5.74, 6) is 1.05. The molecule has 1 saturated heterocycles. The normalized spacial score (nSPS) is 23.4. The van der Waals surface area contributed by atoms with Crippen LogP contribution in [0.1, 0.15) is 24.7 Å². The molecule has 2 unspecified atom stereocenters. The number of anilines is 1. The van der Waals surface area contributed by atoms with Gasteiger partial charge in [0, 0.05) is 12.2 Å². The van der Waals surface area contributed by atoms with E-state index in [-0.39, 0.29) is 17.6 Å². The largest absolute Gasteiger partial charge is 0.394 e. The smallest absolute Gasteiger partial charge is 0.226 e. The Bertz CT molecular complexity index is 465. The zero-order valence-electron chi connectivity index (χ0n) is 10.6. The van der Waals surface area contributed by atoms with Crippen molar-refractivity contribution in [1.82, 2.24) is 9.97 Å². The number of aliphatic hydroxyl groups is 1. The van der Waals surface area contributed by atoms with Crippen LogP contribution in [0.5, 0.6) is 0 Å². The Balaban J connectivity index is 2.36. The first-order valence-corrected chi connectivity index (χ1v) is 6.46. The van der Waals surface area contributed by atoms with Crippen molar-refractivity contribution < 1.29 is 5.11 Å². The molecule has 18 heavy (non-hydrogen) atoms. The summed E-state index contributed by atoms with van der Waals surface area (Å²) >= 11 is 4.96. The Labute approximate surface area is 112 Å². The zero-order valence-corrected chi connectivity index (χ0v) is 11.4. The highest BCUT2D eigenvalue weighted by molar-refractivity contribution is 7.80. The first-order chi connectivity index (χ1) is 8.52. The minimum atomic E-state index is 0.0750. The van der Waals surface area contributed by atoms with Crippen molar-refractivity contribution in [2.75, 3.05) is 18.1 Å². The van der Waals surface area contributed by atoms with Crippen molar-refractivity contribution in [1.29, 1.82) is 0 Å². The van der Waals surface area contributed by atoms with Crippen LogP contribution in [0.3, 0.4) is 0 Å². The molecule has 5 nitrogen and oxygen atoms in total. The third-order valence-corrected chi connectivity index (χ3v) is 3.63. The quantitative estimate of drug-likeness (QED) is 0.782. The molecule has 1 aromatic rings. The fraction of sp³-hybridized carbons (Fsp3) is 0.583. The molecule has 1 aliphatic heterocycles. The van der Waals surface area contributed by atoms with Gasteiger partial charge in [-0.1, -0.05) is 19.1 Å². The molecular weight excluding hydrogens is 248 g/mol. The first kappa shape index (κ1) is 13.2. The monoisotopic (exact) mass is 266 g/mol. The molecule has 2 rings (SSSR count). The van der Waals surface area contributed by atoms with Gasteiger partial charge in [0.25, 0.3) is 0 Å². The van der Waals surface area contributed by atoms with Gasteiger partial charge in [-0.3, -0.25) is 0 Å². The number of hydrogen-bond acceptors (Lipinski definition) is 5. The highest BCUT2D eigenvalue weighted by Crippen LogP contribution is 2.27. The molecule has 1 fully saturated rings. The molecular formula is C12H18N4OS. The third-order valence-electron chi connectivity index (χ3n) is 3.42. The number of thiocarbonyl (C=S) groups is 1. The first-order valence-electron chi connectivity index (χ1n) is 6.06. The van der Waals surface area contributed by atoms with Crippen LogP contribution in [0, 0.1) is 12.8 Å². The number of aryl methyl sites for hydroxylation is 1. The molecule has 0 spiro atoms. The van der Waals surface area contributed by atoms with Gasteiger partial charge in [-0.2, -0.15) is 0 Å². The van der Waals surface area contributed by atoms with E-state index in [2.05, 4.69) is 16.9 Å². The van der Waals surface area contributed by atoms with Gasteiger partial charge in [0.05, 0.1) is 12.6 Å². The van der Waals surface area contributed by atoms with Gasteiger partial charge in [0.2, 0.25) is 5.95 Å². The number of nitrogens with two attached hydrogens (primary N) is 1. The standard InChI is InChI=1S/C12H18N4OS/c1-7-3-4-16(10(7)6-17)12-14-8(2)5-9(15-12)11(13)18/h5,7,10,17H,3-4,6H2,1-2H3,(H2,13,18). The molecule has 0 radical (unpaired) electrons. The van der Waals surface area contributed by atoms with Crippen LogP contribution in [0.15, 0.2) is 6.07 Å². The summed E-state index contributed by atoms with van der Waals surface area (Å²) in [4.78, 5) is 11.1. The lowest BCUT2D eigenvalue weighted by molar-refractivity contribution is 0.244. The summed E-state index contributed by atoms with van der Waals surface area (Å²) in [6.45, 7) is 4.99. The molecule has 3 N–H and O–H groups in total. The zero-order chi connectivity index (χ0) is 13.3. The lowest BCUT2D eigenvalue weighted by Gasteiger charge is -2.25. The molecule has 0 saturated carbocycles. The maximum absolute atomic E-state index is 9.47. The minimum absolute atomic E-state index is 0.0750. The van der Waals surface area contributed by atoms with Gasteiger partial charge >= 0.3 is 0 Å². The maximum atomic E-state index is 9.47. The summed E-state index contributed by atoms with van der Waals surface area (Å²) < 4.78 is 0. The summed E-state index contributed by atoms with van der Waals surface area (Å²) in [6.07, 6.45) is 1.03. The number of aromatic nitrogens is 2. The molecule has 2 heterocycles. The van der Waals surface area contributed by atoms with Crippen molar-refractivity contribution in [2.24, 2.45) is 11.7 Å². The fourth-order valence-electron chi connectivity index (χ4n) is 2.34. The van der Waals surface area contributed by atoms with E-state index in [9.17, 15) is 5.11 Å². The molecule has 2 atom stereocenters. The van der Waals surface area contributed by atoms with E-state index in [4.69, 9.17) is 18.0 Å². The van der Waals surface area contributed by atoms with Gasteiger partial charge in [-0.05, 0) is 25.3 Å². The van der Waals surface area contributed by atoms with E-state index in [0.717, 1.165) is 18.7 Å². The summed E-state index contributed by atoms with van der Waals surface area (Å²) in [7, 11) is 0. The van der Waals surface area contributed by atoms with Crippen LogP contribution in [-0.4, -0.2) is 39.3 Å². The Morgan fingerprint density at radius 1 is 1.61 bits per heavy atom. The van der Waals surface area contributed by atoms with Crippen molar-refractivity contribution in [3.05, 3.63) is 17.5 Å². The van der Waals surface area contributed by atoms with Crippen molar-refractivity contribution >= 4 is 23.2 Å². The van der Waals surface area contributed by atoms with Crippen LogP contribution >= 0.6 is 12.2 Å². The van der Waals surface area contributed by atoms with Crippen molar-refractivity contribution in [3.63, 3.8) is 0 Å². The Kier molecular flexibility index (Phi) is 3.77. The predicted molar refractivity (Wildman–Crippen MR) is 74.7 cm³/mol. The molecule has 1 aromatic heterocycles. The Morgan fingerprint density at radius 3 is 2.94 bits per heavy atom. The minimum Gasteiger partial charge on any atom is -0.394 e. The second-order valence-electron chi connectivity index (χ2n) is 4.77. The van der Waals surface area contributed by atoms with E-state index in [0.29, 0.717) is 17.6 Å². The average Bonchev–Trinajstić information content (AvgIpc) is 2.69. The lowest BCUT2D eigenvalue weighted by Crippen LogP contribution is -2.36. The van der Waals surface area contributed by atoms with E-state index >= 15 is 0 Å². The Hall–Kier alpha value is -1.27. The second-order valence-corrected chi connectivity index (χ2v) is 5.21. The third kappa shape index (κ3) is 2.44. The maximum Gasteiger partial charge on any atom is 0.226 e. The molecule has 0 amide bonds. The van der Waals surface area contributed by atoms with Crippen molar-refractivity contribution in [2.45, 2.75) is 26.3 Å². The predicted octanol–water partition coefficient (Wildman–Crippen LogP) is 0.626. The van der Waals surface area contributed by atoms with E-state index < -0.39 is 0 Å². The van der Waals surface area contributed by atoms with Crippen LogP contribution in [0.25, 0.3) is 0 Å². The molecule has 98 valence electrons.